The highest BCUT2D eigenvalue weighted by molar-refractivity contribution is 4.90. The van der Waals surface area contributed by atoms with Crippen LogP contribution in [-0.4, -0.2) is 37.6 Å². The number of hydrogen-bond donors (Lipinski definition) is 1. The summed E-state index contributed by atoms with van der Waals surface area (Å²) in [6, 6.07) is 0.689. The maximum absolute atomic E-state index is 3.66. The number of nitrogens with zero attached hydrogens (tertiary/aromatic N) is 1. The standard InChI is InChI=1S/C16H34N2/c1-6-11-17-12-16(9-7-8-10-16)13-18(5)15(4)14(2)3/h14-15,17H,6-13H2,1-5H3. The molecule has 0 aliphatic heterocycles. The summed E-state index contributed by atoms with van der Waals surface area (Å²) < 4.78 is 0. The molecule has 1 rings (SSSR count). The van der Waals surface area contributed by atoms with E-state index in [4.69, 9.17) is 0 Å². The highest BCUT2D eigenvalue weighted by Gasteiger charge is 2.35. The van der Waals surface area contributed by atoms with Gasteiger partial charge < -0.3 is 10.2 Å². The van der Waals surface area contributed by atoms with Gasteiger partial charge in [-0.2, -0.15) is 0 Å². The van der Waals surface area contributed by atoms with Crippen molar-refractivity contribution in [2.24, 2.45) is 11.3 Å². The molecule has 2 nitrogen and oxygen atoms in total. The fourth-order valence-electron chi connectivity index (χ4n) is 3.23. The highest BCUT2D eigenvalue weighted by atomic mass is 15.1. The zero-order valence-electron chi connectivity index (χ0n) is 13.3. The van der Waals surface area contributed by atoms with Gasteiger partial charge in [0.25, 0.3) is 0 Å². The van der Waals surface area contributed by atoms with Crippen molar-refractivity contribution in [1.29, 1.82) is 0 Å². The third-order valence-electron chi connectivity index (χ3n) is 4.84. The van der Waals surface area contributed by atoms with Crippen molar-refractivity contribution in [3.8, 4) is 0 Å². The second kappa shape index (κ2) is 7.49. The second-order valence-electron chi connectivity index (χ2n) is 6.78. The molecule has 0 heterocycles. The van der Waals surface area contributed by atoms with E-state index in [-0.39, 0.29) is 0 Å². The Morgan fingerprint density at radius 2 is 1.78 bits per heavy atom. The van der Waals surface area contributed by atoms with E-state index in [2.05, 4.69) is 45.0 Å². The molecule has 1 aliphatic rings. The van der Waals surface area contributed by atoms with Crippen molar-refractivity contribution < 1.29 is 0 Å². The maximum atomic E-state index is 3.66. The SMILES string of the molecule is CCCNCC1(CN(C)C(C)C(C)C)CCCC1. The summed E-state index contributed by atoms with van der Waals surface area (Å²) in [5, 5.41) is 3.66. The van der Waals surface area contributed by atoms with Crippen LogP contribution in [0, 0.1) is 11.3 Å². The van der Waals surface area contributed by atoms with E-state index >= 15 is 0 Å². The van der Waals surface area contributed by atoms with Crippen LogP contribution < -0.4 is 5.32 Å². The minimum atomic E-state index is 0.549. The lowest BCUT2D eigenvalue weighted by Crippen LogP contribution is -2.45. The molecule has 1 N–H and O–H groups in total. The first-order valence-electron chi connectivity index (χ1n) is 7.92. The largest absolute Gasteiger partial charge is 0.316 e. The van der Waals surface area contributed by atoms with Crippen LogP contribution in [0.25, 0.3) is 0 Å². The third kappa shape index (κ3) is 4.55. The molecule has 1 unspecified atom stereocenters. The Hall–Kier alpha value is -0.0800. The van der Waals surface area contributed by atoms with Crippen molar-refractivity contribution >= 4 is 0 Å². The zero-order chi connectivity index (χ0) is 13.6. The molecule has 2 heteroatoms. The highest BCUT2D eigenvalue weighted by Crippen LogP contribution is 2.38. The summed E-state index contributed by atoms with van der Waals surface area (Å²) >= 11 is 0. The quantitative estimate of drug-likeness (QED) is 0.667. The topological polar surface area (TPSA) is 15.3 Å². The van der Waals surface area contributed by atoms with E-state index < -0.39 is 0 Å². The van der Waals surface area contributed by atoms with Gasteiger partial charge in [-0.1, -0.05) is 33.6 Å². The van der Waals surface area contributed by atoms with Gasteiger partial charge in [-0.25, -0.2) is 0 Å². The molecule has 0 amide bonds. The molecule has 1 atom stereocenters. The van der Waals surface area contributed by atoms with Crippen LogP contribution in [-0.2, 0) is 0 Å². The van der Waals surface area contributed by atoms with Crippen LogP contribution in [0.5, 0.6) is 0 Å². The van der Waals surface area contributed by atoms with Gasteiger partial charge in [0.1, 0.15) is 0 Å². The second-order valence-corrected chi connectivity index (χ2v) is 6.78. The van der Waals surface area contributed by atoms with Gasteiger partial charge in [0.2, 0.25) is 0 Å². The summed E-state index contributed by atoms with van der Waals surface area (Å²) in [5.74, 6) is 0.747. The summed E-state index contributed by atoms with van der Waals surface area (Å²) in [6.07, 6.45) is 6.93. The van der Waals surface area contributed by atoms with Crippen LogP contribution in [0.3, 0.4) is 0 Å². The molecule has 0 radical (unpaired) electrons. The number of rotatable bonds is 8. The van der Waals surface area contributed by atoms with Crippen molar-refractivity contribution in [2.45, 2.75) is 65.8 Å². The van der Waals surface area contributed by atoms with Crippen molar-refractivity contribution in [1.82, 2.24) is 10.2 Å². The molecular formula is C16H34N2. The van der Waals surface area contributed by atoms with Gasteiger partial charge in [-0.3, -0.25) is 0 Å². The lowest BCUT2D eigenvalue weighted by atomic mass is 9.84. The normalized spacial score (nSPS) is 20.8. The van der Waals surface area contributed by atoms with Gasteiger partial charge in [0.05, 0.1) is 0 Å². The summed E-state index contributed by atoms with van der Waals surface area (Å²) in [4.78, 5) is 2.59. The molecule has 0 aromatic carbocycles. The summed E-state index contributed by atoms with van der Waals surface area (Å²) in [5.41, 5.74) is 0.549. The minimum absolute atomic E-state index is 0.549. The molecule has 0 spiro atoms. The first-order chi connectivity index (χ1) is 8.51. The molecule has 1 aliphatic carbocycles. The first-order valence-corrected chi connectivity index (χ1v) is 7.92. The third-order valence-corrected chi connectivity index (χ3v) is 4.84. The lowest BCUT2D eigenvalue weighted by Gasteiger charge is -2.38. The number of nitrogens with one attached hydrogen (secondary N) is 1. The van der Waals surface area contributed by atoms with E-state index in [1.165, 1.54) is 51.7 Å². The average Bonchev–Trinajstić information content (AvgIpc) is 2.77. The van der Waals surface area contributed by atoms with E-state index in [1.807, 2.05) is 0 Å². The molecule has 18 heavy (non-hydrogen) atoms. The molecule has 1 saturated carbocycles. The van der Waals surface area contributed by atoms with Crippen molar-refractivity contribution in [3.63, 3.8) is 0 Å². The van der Waals surface area contributed by atoms with Crippen molar-refractivity contribution in [2.75, 3.05) is 26.7 Å². The predicted molar refractivity (Wildman–Crippen MR) is 81.0 cm³/mol. The van der Waals surface area contributed by atoms with Gasteiger partial charge in [0.15, 0.2) is 0 Å². The van der Waals surface area contributed by atoms with Gasteiger partial charge in [-0.05, 0) is 51.1 Å². The van der Waals surface area contributed by atoms with Gasteiger partial charge in [0, 0.05) is 19.1 Å². The Kier molecular flexibility index (Phi) is 6.65. The predicted octanol–water partition coefficient (Wildman–Crippen LogP) is 3.52. The summed E-state index contributed by atoms with van der Waals surface area (Å²) in [7, 11) is 2.31. The molecular weight excluding hydrogens is 220 g/mol. The lowest BCUT2D eigenvalue weighted by molar-refractivity contribution is 0.120. The molecule has 0 aromatic heterocycles. The van der Waals surface area contributed by atoms with Gasteiger partial charge in [-0.15, -0.1) is 0 Å². The van der Waals surface area contributed by atoms with Crippen LogP contribution in [0.2, 0.25) is 0 Å². The average molecular weight is 254 g/mol. The van der Waals surface area contributed by atoms with E-state index in [0.29, 0.717) is 11.5 Å². The summed E-state index contributed by atoms with van der Waals surface area (Å²) in [6.45, 7) is 12.9. The Morgan fingerprint density at radius 1 is 1.17 bits per heavy atom. The molecule has 1 fully saturated rings. The van der Waals surface area contributed by atoms with E-state index in [1.54, 1.807) is 0 Å². The molecule has 108 valence electrons. The first kappa shape index (κ1) is 16.0. The Labute approximate surface area is 115 Å². The fraction of sp³-hybridized carbons (Fsp3) is 1.00. The van der Waals surface area contributed by atoms with E-state index in [0.717, 1.165) is 5.92 Å². The van der Waals surface area contributed by atoms with E-state index in [9.17, 15) is 0 Å². The molecule has 0 aromatic rings. The van der Waals surface area contributed by atoms with Crippen LogP contribution in [0.1, 0.15) is 59.8 Å². The Morgan fingerprint density at radius 3 is 2.28 bits per heavy atom. The Balaban J connectivity index is 2.51. The fourth-order valence-corrected chi connectivity index (χ4v) is 3.23. The zero-order valence-corrected chi connectivity index (χ0v) is 13.3. The molecule has 0 saturated heterocycles. The smallest absolute Gasteiger partial charge is 0.00871 e. The molecule has 0 bridgehead atoms. The minimum Gasteiger partial charge on any atom is -0.316 e. The maximum Gasteiger partial charge on any atom is 0.00871 e. The van der Waals surface area contributed by atoms with Gasteiger partial charge >= 0.3 is 0 Å². The van der Waals surface area contributed by atoms with Crippen LogP contribution >= 0.6 is 0 Å². The monoisotopic (exact) mass is 254 g/mol. The number of hydrogen-bond acceptors (Lipinski definition) is 2. The van der Waals surface area contributed by atoms with Crippen molar-refractivity contribution in [3.05, 3.63) is 0 Å². The van der Waals surface area contributed by atoms with Crippen LogP contribution in [0.15, 0.2) is 0 Å². The Bertz CT molecular complexity index is 219. The van der Waals surface area contributed by atoms with Crippen LogP contribution in [0.4, 0.5) is 0 Å².